The lowest BCUT2D eigenvalue weighted by Gasteiger charge is -2.17. The summed E-state index contributed by atoms with van der Waals surface area (Å²) in [4.78, 5) is 11.0. The second kappa shape index (κ2) is 3.58. The Morgan fingerprint density at radius 2 is 2.00 bits per heavy atom. The van der Waals surface area contributed by atoms with Gasteiger partial charge in [-0.05, 0) is 24.0 Å². The van der Waals surface area contributed by atoms with E-state index in [2.05, 4.69) is 15.9 Å². The van der Waals surface area contributed by atoms with E-state index >= 15 is 0 Å². The van der Waals surface area contributed by atoms with Crippen LogP contribution in [0.4, 0.5) is 0 Å². The summed E-state index contributed by atoms with van der Waals surface area (Å²) < 4.78 is 0.795. The summed E-state index contributed by atoms with van der Waals surface area (Å²) in [6.45, 7) is 0. The summed E-state index contributed by atoms with van der Waals surface area (Å²) >= 11 is 3.32. The molecule has 1 aromatic rings. The van der Waals surface area contributed by atoms with Crippen molar-refractivity contribution in [2.45, 2.75) is 12.8 Å². The van der Waals surface area contributed by atoms with Gasteiger partial charge in [-0.2, -0.15) is 0 Å². The molecule has 0 heterocycles. The molecule has 3 heteroatoms. The highest BCUT2D eigenvalue weighted by atomic mass is 79.9. The molecule has 2 nitrogen and oxygen atoms in total. The quantitative estimate of drug-likeness (QED) is 0.835. The van der Waals surface area contributed by atoms with E-state index in [0.29, 0.717) is 5.57 Å². The molecule has 1 aliphatic rings. The molecule has 0 atom stereocenters. The third-order valence-corrected chi connectivity index (χ3v) is 3.18. The number of hydrogen-bond donors (Lipinski definition) is 1. The van der Waals surface area contributed by atoms with E-state index in [4.69, 9.17) is 5.11 Å². The molecule has 14 heavy (non-hydrogen) atoms. The van der Waals surface area contributed by atoms with Crippen LogP contribution in [0.1, 0.15) is 17.5 Å². The largest absolute Gasteiger partial charge is 0.478 e. The molecule has 0 aliphatic heterocycles. The van der Waals surface area contributed by atoms with Gasteiger partial charge in [-0.1, -0.05) is 40.2 Å². The molecular formula is C11H9BrO2. The number of halogens is 1. The molecule has 72 valence electrons. The average molecular weight is 253 g/mol. The standard InChI is InChI=1S/C11H9BrO2/c12-9-6-5-7-3-1-2-4-8(7)10(9)11(13)14/h1-4H,5-6H2,(H,13,14). The lowest BCUT2D eigenvalue weighted by molar-refractivity contribution is -0.130. The summed E-state index contributed by atoms with van der Waals surface area (Å²) in [5.41, 5.74) is 2.37. The number of allylic oxidation sites excluding steroid dienone is 1. The maximum Gasteiger partial charge on any atom is 0.337 e. The van der Waals surface area contributed by atoms with Crippen molar-refractivity contribution in [2.75, 3.05) is 0 Å². The van der Waals surface area contributed by atoms with Crippen LogP contribution in [-0.4, -0.2) is 11.1 Å². The zero-order valence-corrected chi connectivity index (χ0v) is 9.04. The first-order chi connectivity index (χ1) is 6.70. The maximum absolute atomic E-state index is 11.0. The molecule has 2 rings (SSSR count). The molecule has 0 aromatic heterocycles. The summed E-state index contributed by atoms with van der Waals surface area (Å²) in [6, 6.07) is 7.65. The Bertz CT molecular complexity index is 421. The minimum absolute atomic E-state index is 0.409. The molecule has 1 aromatic carbocycles. The number of rotatable bonds is 1. The molecular weight excluding hydrogens is 244 g/mol. The highest BCUT2D eigenvalue weighted by Gasteiger charge is 2.21. The predicted molar refractivity (Wildman–Crippen MR) is 58.2 cm³/mol. The van der Waals surface area contributed by atoms with E-state index in [-0.39, 0.29) is 0 Å². The molecule has 1 aliphatic carbocycles. The lowest BCUT2D eigenvalue weighted by atomic mass is 9.91. The maximum atomic E-state index is 11.0. The molecule has 0 saturated carbocycles. The second-order valence-electron chi connectivity index (χ2n) is 3.24. The molecule has 0 saturated heterocycles. The second-order valence-corrected chi connectivity index (χ2v) is 4.20. The topological polar surface area (TPSA) is 37.3 Å². The summed E-state index contributed by atoms with van der Waals surface area (Å²) in [7, 11) is 0. The lowest BCUT2D eigenvalue weighted by Crippen LogP contribution is -2.09. The number of carboxylic acids is 1. The predicted octanol–water partition coefficient (Wildman–Crippen LogP) is 2.82. The van der Waals surface area contributed by atoms with Crippen molar-refractivity contribution >= 4 is 27.5 Å². The van der Waals surface area contributed by atoms with E-state index in [1.165, 1.54) is 0 Å². The smallest absolute Gasteiger partial charge is 0.337 e. The minimum Gasteiger partial charge on any atom is -0.478 e. The number of aryl methyl sites for hydroxylation is 1. The normalized spacial score (nSPS) is 15.2. The highest BCUT2D eigenvalue weighted by Crippen LogP contribution is 2.34. The molecule has 0 bridgehead atoms. The average Bonchev–Trinajstić information content (AvgIpc) is 2.17. The molecule has 0 amide bonds. The van der Waals surface area contributed by atoms with Crippen molar-refractivity contribution in [3.05, 3.63) is 39.9 Å². The Balaban J connectivity index is 2.62. The number of carbonyl (C=O) groups is 1. The molecule has 0 spiro atoms. The van der Waals surface area contributed by atoms with Crippen molar-refractivity contribution < 1.29 is 9.90 Å². The Labute approximate surface area is 90.4 Å². The Morgan fingerprint density at radius 1 is 1.29 bits per heavy atom. The van der Waals surface area contributed by atoms with Gasteiger partial charge in [0.15, 0.2) is 0 Å². The fourth-order valence-corrected chi connectivity index (χ4v) is 2.31. The van der Waals surface area contributed by atoms with Crippen molar-refractivity contribution in [3.63, 3.8) is 0 Å². The van der Waals surface area contributed by atoms with Crippen molar-refractivity contribution in [1.29, 1.82) is 0 Å². The van der Waals surface area contributed by atoms with Gasteiger partial charge in [-0.25, -0.2) is 4.79 Å². The van der Waals surface area contributed by atoms with Gasteiger partial charge >= 0.3 is 5.97 Å². The minimum atomic E-state index is -0.857. The van der Waals surface area contributed by atoms with Crippen molar-refractivity contribution in [3.8, 4) is 0 Å². The SMILES string of the molecule is O=C(O)C1=C(Br)CCc2ccccc21. The van der Waals surface area contributed by atoms with Crippen LogP contribution < -0.4 is 0 Å². The summed E-state index contributed by atoms with van der Waals surface area (Å²) in [5.74, 6) is -0.857. The van der Waals surface area contributed by atoms with E-state index < -0.39 is 5.97 Å². The van der Waals surface area contributed by atoms with Gasteiger partial charge in [0, 0.05) is 4.48 Å². The first kappa shape index (κ1) is 9.46. The van der Waals surface area contributed by atoms with Crippen molar-refractivity contribution in [1.82, 2.24) is 0 Å². The van der Waals surface area contributed by atoms with Crippen LogP contribution in [0.25, 0.3) is 5.57 Å². The number of aliphatic carboxylic acids is 1. The number of benzene rings is 1. The van der Waals surface area contributed by atoms with Gasteiger partial charge in [0.25, 0.3) is 0 Å². The van der Waals surface area contributed by atoms with Crippen LogP contribution in [0, 0.1) is 0 Å². The zero-order chi connectivity index (χ0) is 10.1. The third-order valence-electron chi connectivity index (χ3n) is 2.39. The zero-order valence-electron chi connectivity index (χ0n) is 7.46. The van der Waals surface area contributed by atoms with Gasteiger partial charge < -0.3 is 5.11 Å². The van der Waals surface area contributed by atoms with Gasteiger partial charge in [0.2, 0.25) is 0 Å². The van der Waals surface area contributed by atoms with Crippen molar-refractivity contribution in [2.24, 2.45) is 0 Å². The van der Waals surface area contributed by atoms with Crippen LogP contribution >= 0.6 is 15.9 Å². The fraction of sp³-hybridized carbons (Fsp3) is 0.182. The van der Waals surface area contributed by atoms with Gasteiger partial charge in [0.1, 0.15) is 0 Å². The van der Waals surface area contributed by atoms with Gasteiger partial charge in [0.05, 0.1) is 5.57 Å². The summed E-state index contributed by atoms with van der Waals surface area (Å²) in [6.07, 6.45) is 1.69. The first-order valence-electron chi connectivity index (χ1n) is 4.40. The first-order valence-corrected chi connectivity index (χ1v) is 5.19. The monoisotopic (exact) mass is 252 g/mol. The van der Waals surface area contributed by atoms with E-state index in [9.17, 15) is 4.79 Å². The van der Waals surface area contributed by atoms with Gasteiger partial charge in [-0.3, -0.25) is 0 Å². The van der Waals surface area contributed by atoms with E-state index in [0.717, 1.165) is 28.5 Å². The number of carboxylic acid groups (broad SMARTS) is 1. The Hall–Kier alpha value is -1.09. The third kappa shape index (κ3) is 1.48. The molecule has 1 N–H and O–H groups in total. The Morgan fingerprint density at radius 3 is 2.71 bits per heavy atom. The van der Waals surface area contributed by atoms with Crippen LogP contribution in [0.15, 0.2) is 28.7 Å². The molecule has 0 unspecified atom stereocenters. The molecule has 0 radical (unpaired) electrons. The Kier molecular flexibility index (Phi) is 2.42. The van der Waals surface area contributed by atoms with Crippen LogP contribution in [0.3, 0.4) is 0 Å². The van der Waals surface area contributed by atoms with Crippen LogP contribution in [0.2, 0.25) is 0 Å². The fourth-order valence-electron chi connectivity index (χ4n) is 1.73. The molecule has 0 fully saturated rings. The van der Waals surface area contributed by atoms with E-state index in [1.807, 2.05) is 24.3 Å². The van der Waals surface area contributed by atoms with E-state index in [1.54, 1.807) is 0 Å². The summed E-state index contributed by atoms with van der Waals surface area (Å²) in [5, 5.41) is 9.07. The highest BCUT2D eigenvalue weighted by molar-refractivity contribution is 9.11. The van der Waals surface area contributed by atoms with Crippen LogP contribution in [0.5, 0.6) is 0 Å². The van der Waals surface area contributed by atoms with Crippen LogP contribution in [-0.2, 0) is 11.2 Å². The van der Waals surface area contributed by atoms with Gasteiger partial charge in [-0.15, -0.1) is 0 Å². The number of hydrogen-bond acceptors (Lipinski definition) is 1. The number of fused-ring (bicyclic) bond motifs is 1.